The molecule has 0 atom stereocenters. The molecule has 0 aliphatic carbocycles. The molecule has 2 aromatic rings. The van der Waals surface area contributed by atoms with Crippen LogP contribution in [0.1, 0.15) is 21.5 Å². The SMILES string of the molecule is COc1cc(C(=O)C=Cc2cccc([N+](=O)[O-])c2)cc(C)c1OC. The van der Waals surface area contributed by atoms with Gasteiger partial charge in [-0.1, -0.05) is 18.2 Å². The highest BCUT2D eigenvalue weighted by atomic mass is 16.6. The maximum atomic E-state index is 12.3. The molecule has 0 bridgehead atoms. The predicted molar refractivity (Wildman–Crippen MR) is 90.7 cm³/mol. The van der Waals surface area contributed by atoms with Crippen molar-refractivity contribution in [2.45, 2.75) is 6.92 Å². The summed E-state index contributed by atoms with van der Waals surface area (Å²) >= 11 is 0. The predicted octanol–water partition coefficient (Wildman–Crippen LogP) is 3.82. The molecular weight excluding hydrogens is 310 g/mol. The maximum Gasteiger partial charge on any atom is 0.270 e. The molecule has 24 heavy (non-hydrogen) atoms. The molecule has 0 spiro atoms. The number of hydrogen-bond acceptors (Lipinski definition) is 5. The van der Waals surface area contributed by atoms with E-state index in [0.29, 0.717) is 22.6 Å². The van der Waals surface area contributed by atoms with E-state index in [1.54, 1.807) is 30.3 Å². The van der Waals surface area contributed by atoms with Gasteiger partial charge in [0.1, 0.15) is 0 Å². The first-order chi connectivity index (χ1) is 11.5. The van der Waals surface area contributed by atoms with Crippen molar-refractivity contribution in [2.75, 3.05) is 14.2 Å². The average molecular weight is 327 g/mol. The number of carbonyl (C=O) groups is 1. The Morgan fingerprint density at radius 3 is 2.54 bits per heavy atom. The number of allylic oxidation sites excluding steroid dienone is 1. The Hall–Kier alpha value is -3.15. The fourth-order valence-corrected chi connectivity index (χ4v) is 2.31. The normalized spacial score (nSPS) is 10.6. The van der Waals surface area contributed by atoms with Gasteiger partial charge < -0.3 is 9.47 Å². The zero-order valence-corrected chi connectivity index (χ0v) is 13.6. The highest BCUT2D eigenvalue weighted by molar-refractivity contribution is 6.07. The third-order valence-corrected chi connectivity index (χ3v) is 3.46. The van der Waals surface area contributed by atoms with E-state index in [4.69, 9.17) is 9.47 Å². The topological polar surface area (TPSA) is 78.7 Å². The summed E-state index contributed by atoms with van der Waals surface area (Å²) in [6.07, 6.45) is 2.92. The average Bonchev–Trinajstić information content (AvgIpc) is 2.59. The van der Waals surface area contributed by atoms with Crippen LogP contribution >= 0.6 is 0 Å². The first-order valence-electron chi connectivity index (χ1n) is 7.15. The molecule has 0 saturated carbocycles. The largest absolute Gasteiger partial charge is 0.493 e. The van der Waals surface area contributed by atoms with E-state index in [1.165, 1.54) is 32.4 Å². The number of nitro groups is 1. The van der Waals surface area contributed by atoms with Gasteiger partial charge in [0.15, 0.2) is 17.3 Å². The Bertz CT molecular complexity index is 811. The minimum Gasteiger partial charge on any atom is -0.493 e. The van der Waals surface area contributed by atoms with E-state index in [2.05, 4.69) is 0 Å². The number of rotatable bonds is 6. The first-order valence-corrected chi connectivity index (χ1v) is 7.15. The summed E-state index contributed by atoms with van der Waals surface area (Å²) < 4.78 is 10.5. The molecule has 0 unspecified atom stereocenters. The van der Waals surface area contributed by atoms with Gasteiger partial charge in [0.2, 0.25) is 0 Å². The van der Waals surface area contributed by atoms with Crippen LogP contribution in [0.2, 0.25) is 0 Å². The molecule has 0 aliphatic rings. The molecule has 2 aromatic carbocycles. The highest BCUT2D eigenvalue weighted by Gasteiger charge is 2.12. The van der Waals surface area contributed by atoms with Crippen molar-refractivity contribution in [3.8, 4) is 11.5 Å². The van der Waals surface area contributed by atoms with Crippen molar-refractivity contribution >= 4 is 17.5 Å². The van der Waals surface area contributed by atoms with Crippen LogP contribution in [0, 0.1) is 17.0 Å². The van der Waals surface area contributed by atoms with Gasteiger partial charge in [-0.05, 0) is 36.3 Å². The number of methoxy groups -OCH3 is 2. The molecule has 6 nitrogen and oxygen atoms in total. The van der Waals surface area contributed by atoms with Crippen LogP contribution in [0.25, 0.3) is 6.08 Å². The molecule has 0 amide bonds. The lowest BCUT2D eigenvalue weighted by molar-refractivity contribution is -0.384. The second-order valence-corrected chi connectivity index (χ2v) is 5.08. The van der Waals surface area contributed by atoms with Gasteiger partial charge in [0, 0.05) is 17.7 Å². The molecule has 6 heteroatoms. The van der Waals surface area contributed by atoms with Crippen LogP contribution in [0.5, 0.6) is 11.5 Å². The van der Waals surface area contributed by atoms with Crippen molar-refractivity contribution in [3.05, 3.63) is 69.3 Å². The van der Waals surface area contributed by atoms with Crippen LogP contribution < -0.4 is 9.47 Å². The number of non-ortho nitro benzene ring substituents is 1. The van der Waals surface area contributed by atoms with Gasteiger partial charge in [-0.25, -0.2) is 0 Å². The molecule has 0 fully saturated rings. The number of carbonyl (C=O) groups excluding carboxylic acids is 1. The standard InChI is InChI=1S/C18H17NO5/c1-12-9-14(11-17(23-2)18(12)24-3)16(20)8-7-13-5-4-6-15(10-13)19(21)22/h4-11H,1-3H3. The fraction of sp³-hybridized carbons (Fsp3) is 0.167. The van der Waals surface area contributed by atoms with Gasteiger partial charge in [-0.3, -0.25) is 14.9 Å². The van der Waals surface area contributed by atoms with Crippen molar-refractivity contribution in [1.29, 1.82) is 0 Å². The maximum absolute atomic E-state index is 12.3. The monoisotopic (exact) mass is 327 g/mol. The van der Waals surface area contributed by atoms with Crippen molar-refractivity contribution < 1.29 is 19.2 Å². The van der Waals surface area contributed by atoms with Crippen molar-refractivity contribution in [2.24, 2.45) is 0 Å². The number of aryl methyl sites for hydroxylation is 1. The van der Waals surface area contributed by atoms with E-state index in [-0.39, 0.29) is 11.5 Å². The molecule has 0 N–H and O–H groups in total. The van der Waals surface area contributed by atoms with E-state index >= 15 is 0 Å². The lowest BCUT2D eigenvalue weighted by Gasteiger charge is -2.11. The zero-order chi connectivity index (χ0) is 17.7. The van der Waals surface area contributed by atoms with Crippen LogP contribution in [0.4, 0.5) is 5.69 Å². The molecule has 0 aromatic heterocycles. The number of ether oxygens (including phenoxy) is 2. The molecule has 0 heterocycles. The van der Waals surface area contributed by atoms with E-state index in [9.17, 15) is 14.9 Å². The van der Waals surface area contributed by atoms with E-state index in [1.807, 2.05) is 6.92 Å². The Morgan fingerprint density at radius 2 is 1.92 bits per heavy atom. The Kier molecular flexibility index (Phi) is 5.31. The Morgan fingerprint density at radius 1 is 1.17 bits per heavy atom. The number of nitrogens with zero attached hydrogens (tertiary/aromatic N) is 1. The molecule has 0 radical (unpaired) electrons. The molecule has 2 rings (SSSR count). The number of nitro benzene ring substituents is 1. The summed E-state index contributed by atoms with van der Waals surface area (Å²) in [5, 5.41) is 10.8. The fourth-order valence-electron chi connectivity index (χ4n) is 2.31. The minimum atomic E-state index is -0.475. The lowest BCUT2D eigenvalue weighted by Crippen LogP contribution is -2.00. The van der Waals surface area contributed by atoms with Gasteiger partial charge in [0.05, 0.1) is 19.1 Å². The number of ketones is 1. The quantitative estimate of drug-likeness (QED) is 0.349. The van der Waals surface area contributed by atoms with Crippen molar-refractivity contribution in [1.82, 2.24) is 0 Å². The second-order valence-electron chi connectivity index (χ2n) is 5.08. The number of benzene rings is 2. The summed E-state index contributed by atoms with van der Waals surface area (Å²) in [5.74, 6) is 0.826. The molecular formula is C18H17NO5. The van der Waals surface area contributed by atoms with Crippen LogP contribution in [0.15, 0.2) is 42.5 Å². The van der Waals surface area contributed by atoms with E-state index in [0.717, 1.165) is 5.56 Å². The van der Waals surface area contributed by atoms with Crippen LogP contribution in [0.3, 0.4) is 0 Å². The highest BCUT2D eigenvalue weighted by Crippen LogP contribution is 2.32. The minimum absolute atomic E-state index is 0.0217. The van der Waals surface area contributed by atoms with E-state index < -0.39 is 4.92 Å². The van der Waals surface area contributed by atoms with Gasteiger partial charge in [-0.2, -0.15) is 0 Å². The molecule has 0 saturated heterocycles. The van der Waals surface area contributed by atoms with Gasteiger partial charge in [0.25, 0.3) is 5.69 Å². The lowest BCUT2D eigenvalue weighted by atomic mass is 10.0. The summed E-state index contributed by atoms with van der Waals surface area (Å²) in [5.41, 5.74) is 1.79. The third-order valence-electron chi connectivity index (χ3n) is 3.46. The van der Waals surface area contributed by atoms with Crippen molar-refractivity contribution in [3.63, 3.8) is 0 Å². The summed E-state index contributed by atoms with van der Waals surface area (Å²) in [7, 11) is 3.04. The molecule has 0 aliphatic heterocycles. The van der Waals surface area contributed by atoms with Crippen LogP contribution in [-0.4, -0.2) is 24.9 Å². The van der Waals surface area contributed by atoms with Gasteiger partial charge in [-0.15, -0.1) is 0 Å². The van der Waals surface area contributed by atoms with Crippen LogP contribution in [-0.2, 0) is 0 Å². The number of hydrogen-bond donors (Lipinski definition) is 0. The summed E-state index contributed by atoms with van der Waals surface area (Å²) in [6.45, 7) is 1.82. The Labute approximate surface area is 139 Å². The first kappa shape index (κ1) is 17.2. The van der Waals surface area contributed by atoms with Gasteiger partial charge >= 0.3 is 0 Å². The second kappa shape index (κ2) is 7.41. The third kappa shape index (κ3) is 3.78. The zero-order valence-electron chi connectivity index (χ0n) is 13.6. The molecule has 124 valence electrons. The Balaban J connectivity index is 2.28. The summed E-state index contributed by atoms with van der Waals surface area (Å²) in [4.78, 5) is 22.6. The summed E-state index contributed by atoms with van der Waals surface area (Å²) in [6, 6.07) is 9.38. The smallest absolute Gasteiger partial charge is 0.270 e.